The Morgan fingerprint density at radius 3 is 2.29 bits per heavy atom. The normalized spacial score (nSPS) is 21.7. The number of hydrogen-bond acceptors (Lipinski definition) is 6. The molecule has 3 rings (SSSR count). The van der Waals surface area contributed by atoms with Crippen molar-refractivity contribution >= 4 is 27.8 Å². The molecule has 1 fully saturated rings. The highest BCUT2D eigenvalue weighted by Gasteiger charge is 2.40. The van der Waals surface area contributed by atoms with Crippen molar-refractivity contribution in [1.82, 2.24) is 9.37 Å². The molecule has 2 aliphatic rings. The maximum Gasteiger partial charge on any atom is 0.337 e. The lowest BCUT2D eigenvalue weighted by Gasteiger charge is -2.29. The summed E-state index contributed by atoms with van der Waals surface area (Å²) >= 11 is 0. The highest BCUT2D eigenvalue weighted by molar-refractivity contribution is 7.88. The number of piperidine rings is 1. The Balaban J connectivity index is 1.72. The molecule has 1 saturated heterocycles. The first kappa shape index (κ1) is 16.6. The van der Waals surface area contributed by atoms with Gasteiger partial charge >= 0.3 is 5.97 Å². The van der Waals surface area contributed by atoms with E-state index in [0.717, 1.165) is 6.26 Å². The molecule has 2 aliphatic heterocycles. The number of benzene rings is 1. The van der Waals surface area contributed by atoms with Crippen LogP contribution < -0.4 is 0 Å². The predicted octanol–water partition coefficient (Wildman–Crippen LogP) is 0.412. The fourth-order valence-corrected chi connectivity index (χ4v) is 3.76. The van der Waals surface area contributed by atoms with Crippen molar-refractivity contribution in [2.45, 2.75) is 12.8 Å². The minimum atomic E-state index is -3.41. The zero-order chi connectivity index (χ0) is 17.5. The van der Waals surface area contributed by atoms with Crippen LogP contribution in [0.4, 0.5) is 0 Å². The molecule has 1 aromatic carbocycles. The van der Waals surface area contributed by atoms with Crippen LogP contribution in [0.3, 0.4) is 0 Å². The van der Waals surface area contributed by atoms with Crippen molar-refractivity contribution in [2.75, 3.05) is 19.3 Å². The van der Waals surface area contributed by atoms with E-state index < -0.39 is 33.7 Å². The summed E-state index contributed by atoms with van der Waals surface area (Å²) in [4.78, 5) is 41.6. The largest absolute Gasteiger partial charge is 0.337 e. The number of amides is 2. The first-order valence-corrected chi connectivity index (χ1v) is 9.28. The zero-order valence-electron chi connectivity index (χ0n) is 13.0. The Kier molecular flexibility index (Phi) is 4.14. The Morgan fingerprint density at radius 1 is 1.17 bits per heavy atom. The van der Waals surface area contributed by atoms with Gasteiger partial charge in [-0.15, -0.1) is 0 Å². The monoisotopic (exact) mass is 352 g/mol. The topological polar surface area (TPSA) is 101 Å². The van der Waals surface area contributed by atoms with Crippen LogP contribution in [0.25, 0.3) is 0 Å². The quantitative estimate of drug-likeness (QED) is 0.731. The van der Waals surface area contributed by atoms with Crippen LogP contribution in [-0.4, -0.2) is 54.9 Å². The van der Waals surface area contributed by atoms with Gasteiger partial charge in [0.05, 0.1) is 23.3 Å². The summed E-state index contributed by atoms with van der Waals surface area (Å²) < 4.78 is 24.4. The summed E-state index contributed by atoms with van der Waals surface area (Å²) in [5, 5.41) is 0.451. The summed E-state index contributed by atoms with van der Waals surface area (Å²) in [5.41, 5.74) is 0.355. The lowest BCUT2D eigenvalue weighted by molar-refractivity contribution is -0.174. The van der Waals surface area contributed by atoms with Gasteiger partial charge in [0, 0.05) is 13.1 Å². The molecule has 9 heteroatoms. The van der Waals surface area contributed by atoms with Gasteiger partial charge in [-0.3, -0.25) is 9.59 Å². The van der Waals surface area contributed by atoms with E-state index >= 15 is 0 Å². The van der Waals surface area contributed by atoms with Crippen molar-refractivity contribution in [3.8, 4) is 0 Å². The van der Waals surface area contributed by atoms with Gasteiger partial charge in [-0.05, 0) is 25.0 Å². The Bertz CT molecular complexity index is 784. The molecule has 2 heterocycles. The van der Waals surface area contributed by atoms with Gasteiger partial charge < -0.3 is 4.84 Å². The molecule has 128 valence electrons. The summed E-state index contributed by atoms with van der Waals surface area (Å²) in [5.74, 6) is -2.88. The van der Waals surface area contributed by atoms with Crippen molar-refractivity contribution in [3.05, 3.63) is 35.4 Å². The molecule has 0 spiro atoms. The Labute approximate surface area is 139 Å². The minimum absolute atomic E-state index is 0.0131. The molecule has 0 saturated carbocycles. The molecule has 24 heavy (non-hydrogen) atoms. The van der Waals surface area contributed by atoms with E-state index in [1.54, 1.807) is 12.1 Å². The third-order valence-corrected chi connectivity index (χ3v) is 5.39. The molecular weight excluding hydrogens is 336 g/mol. The smallest absolute Gasteiger partial charge is 0.329 e. The third-order valence-electron chi connectivity index (χ3n) is 4.12. The molecule has 0 unspecified atom stereocenters. The van der Waals surface area contributed by atoms with Gasteiger partial charge in [0.15, 0.2) is 0 Å². The minimum Gasteiger partial charge on any atom is -0.329 e. The fraction of sp³-hybridized carbons (Fsp3) is 0.400. The molecule has 0 radical (unpaired) electrons. The summed E-state index contributed by atoms with van der Waals surface area (Å²) in [6, 6.07) is 6.19. The van der Waals surface area contributed by atoms with Gasteiger partial charge in [-0.25, -0.2) is 17.5 Å². The molecule has 0 aromatic heterocycles. The number of nitrogens with zero attached hydrogens (tertiary/aromatic N) is 2. The van der Waals surface area contributed by atoms with Crippen LogP contribution >= 0.6 is 0 Å². The van der Waals surface area contributed by atoms with Gasteiger partial charge in [-0.1, -0.05) is 17.2 Å². The van der Waals surface area contributed by atoms with E-state index in [4.69, 9.17) is 4.84 Å². The van der Waals surface area contributed by atoms with E-state index in [1.165, 1.54) is 16.4 Å². The van der Waals surface area contributed by atoms with Crippen molar-refractivity contribution in [3.63, 3.8) is 0 Å². The molecule has 1 atom stereocenters. The molecule has 1 aromatic rings. The second-order valence-corrected chi connectivity index (χ2v) is 7.80. The van der Waals surface area contributed by atoms with Crippen LogP contribution in [0.2, 0.25) is 0 Å². The van der Waals surface area contributed by atoms with Gasteiger partial charge in [0.1, 0.15) is 0 Å². The van der Waals surface area contributed by atoms with Crippen molar-refractivity contribution in [2.24, 2.45) is 5.92 Å². The lowest BCUT2D eigenvalue weighted by Crippen LogP contribution is -2.44. The summed E-state index contributed by atoms with van der Waals surface area (Å²) in [6.45, 7) is 0.330. The number of rotatable bonds is 3. The predicted molar refractivity (Wildman–Crippen MR) is 82.2 cm³/mol. The van der Waals surface area contributed by atoms with E-state index in [1.807, 2.05) is 0 Å². The van der Waals surface area contributed by atoms with Gasteiger partial charge in [0.2, 0.25) is 10.0 Å². The number of carbonyl (C=O) groups excluding carboxylic acids is 3. The first-order chi connectivity index (χ1) is 11.3. The van der Waals surface area contributed by atoms with E-state index in [2.05, 4.69) is 0 Å². The van der Waals surface area contributed by atoms with E-state index in [9.17, 15) is 22.8 Å². The maximum absolute atomic E-state index is 12.3. The average Bonchev–Trinajstić information content (AvgIpc) is 2.80. The highest BCUT2D eigenvalue weighted by Crippen LogP contribution is 2.25. The highest BCUT2D eigenvalue weighted by atomic mass is 32.2. The molecule has 0 bridgehead atoms. The maximum atomic E-state index is 12.3. The Morgan fingerprint density at radius 2 is 1.75 bits per heavy atom. The van der Waals surface area contributed by atoms with Crippen molar-refractivity contribution in [1.29, 1.82) is 0 Å². The standard InChI is InChI=1S/C15H16N2O6S/c1-24(21,22)16-8-4-5-10(9-16)15(20)23-17-13(18)11-6-2-3-7-12(11)14(17)19/h2-3,6-7,10H,4-5,8-9H2,1H3/t10-/m0/s1. The van der Waals surface area contributed by atoms with E-state index in [0.29, 0.717) is 24.4 Å². The number of fused-ring (bicyclic) bond motifs is 1. The second-order valence-electron chi connectivity index (χ2n) is 5.82. The van der Waals surface area contributed by atoms with Crippen LogP contribution in [0, 0.1) is 5.92 Å². The van der Waals surface area contributed by atoms with Crippen LogP contribution in [-0.2, 0) is 19.7 Å². The molecule has 0 aliphatic carbocycles. The van der Waals surface area contributed by atoms with Gasteiger partial charge in [0.25, 0.3) is 11.8 Å². The van der Waals surface area contributed by atoms with Crippen LogP contribution in [0.5, 0.6) is 0 Å². The van der Waals surface area contributed by atoms with E-state index in [-0.39, 0.29) is 17.7 Å². The number of hydrogen-bond donors (Lipinski definition) is 0. The van der Waals surface area contributed by atoms with Crippen molar-refractivity contribution < 1.29 is 27.6 Å². The summed E-state index contributed by atoms with van der Waals surface area (Å²) in [6.07, 6.45) is 2.02. The third kappa shape index (κ3) is 2.92. The van der Waals surface area contributed by atoms with Crippen LogP contribution in [0.15, 0.2) is 24.3 Å². The Hall–Kier alpha value is -2.26. The average molecular weight is 352 g/mol. The first-order valence-electron chi connectivity index (χ1n) is 7.44. The molecular formula is C15H16N2O6S. The number of hydroxylamine groups is 2. The lowest BCUT2D eigenvalue weighted by atomic mass is 10.0. The number of carbonyl (C=O) groups is 3. The fourth-order valence-electron chi connectivity index (χ4n) is 2.85. The summed E-state index contributed by atoms with van der Waals surface area (Å²) in [7, 11) is -3.41. The molecule has 0 N–H and O–H groups in total. The molecule has 8 nitrogen and oxygen atoms in total. The zero-order valence-corrected chi connectivity index (χ0v) is 13.8. The number of imide groups is 1. The SMILES string of the molecule is CS(=O)(=O)N1CCC[C@H](C(=O)ON2C(=O)c3ccccc3C2=O)C1. The van der Waals surface area contributed by atoms with Gasteiger partial charge in [-0.2, -0.15) is 0 Å². The van der Waals surface area contributed by atoms with Crippen LogP contribution in [0.1, 0.15) is 33.6 Å². The second kappa shape index (κ2) is 5.99. The molecule has 2 amide bonds. The number of sulfonamides is 1.